The van der Waals surface area contributed by atoms with Gasteiger partial charge in [0.15, 0.2) is 0 Å². The molecule has 82 valence electrons. The Hall–Kier alpha value is -0.420. The fraction of sp³-hybridized carbons (Fsp3) is 0.333. The van der Waals surface area contributed by atoms with Gasteiger partial charge >= 0.3 is 0 Å². The van der Waals surface area contributed by atoms with Gasteiger partial charge in [-0.15, -0.1) is 23.5 Å². The summed E-state index contributed by atoms with van der Waals surface area (Å²) in [6, 6.07) is 10.5. The summed E-state index contributed by atoms with van der Waals surface area (Å²) >= 11 is 3.63. The molecule has 0 spiro atoms. The van der Waals surface area contributed by atoms with Crippen molar-refractivity contribution in [2.75, 3.05) is 0 Å². The second-order valence-electron chi connectivity index (χ2n) is 4.68. The fourth-order valence-electron chi connectivity index (χ4n) is 2.69. The summed E-state index contributed by atoms with van der Waals surface area (Å²) in [4.78, 5) is -0.376. The molecule has 2 saturated heterocycles. The molecule has 4 N–H and O–H groups in total. The second-order valence-corrected chi connectivity index (χ2v) is 7.62. The van der Waals surface area contributed by atoms with E-state index in [2.05, 4.69) is 36.4 Å². The quantitative estimate of drug-likeness (QED) is 0.586. The number of rotatable bonds is 1. The maximum absolute atomic E-state index is 6.50. The topological polar surface area (TPSA) is 52.0 Å². The van der Waals surface area contributed by atoms with Gasteiger partial charge in [-0.05, 0) is 5.56 Å². The Kier molecular flexibility index (Phi) is 1.52. The molecule has 1 aromatic rings. The highest BCUT2D eigenvalue weighted by Gasteiger charge is 2.80. The van der Waals surface area contributed by atoms with Gasteiger partial charge < -0.3 is 11.5 Å². The Bertz CT molecular complexity index is 503. The van der Waals surface area contributed by atoms with Crippen LogP contribution >= 0.6 is 23.5 Å². The molecule has 2 heterocycles. The molecule has 4 atom stereocenters. The van der Waals surface area contributed by atoms with E-state index in [-0.39, 0.29) is 14.5 Å². The Morgan fingerprint density at radius 1 is 1.06 bits per heavy atom. The lowest BCUT2D eigenvalue weighted by atomic mass is 9.84. The number of hydrogen-bond donors (Lipinski definition) is 2. The first-order valence-corrected chi connectivity index (χ1v) is 7.02. The minimum absolute atomic E-state index is 0.0225. The van der Waals surface area contributed by atoms with Crippen molar-refractivity contribution in [1.82, 2.24) is 0 Å². The zero-order valence-corrected chi connectivity index (χ0v) is 10.2. The number of nitrogens with two attached hydrogens (primary N) is 2. The van der Waals surface area contributed by atoms with Crippen LogP contribution in [-0.4, -0.2) is 15.0 Å². The molecule has 16 heavy (non-hydrogen) atoms. The predicted molar refractivity (Wildman–Crippen MR) is 70.1 cm³/mol. The SMILES string of the molecule is NC12C=CC3(c4ccccc4)SC3(N)C1S2. The summed E-state index contributed by atoms with van der Waals surface area (Å²) in [6.07, 6.45) is 4.35. The van der Waals surface area contributed by atoms with E-state index in [1.54, 1.807) is 11.8 Å². The first-order valence-electron chi connectivity index (χ1n) is 5.32. The third-order valence-electron chi connectivity index (χ3n) is 3.71. The summed E-state index contributed by atoms with van der Waals surface area (Å²) in [5.74, 6) is 0. The van der Waals surface area contributed by atoms with Crippen LogP contribution in [0.4, 0.5) is 0 Å². The molecule has 0 aromatic heterocycles. The third-order valence-corrected chi connectivity index (χ3v) is 7.11. The van der Waals surface area contributed by atoms with Crippen LogP contribution in [0.3, 0.4) is 0 Å². The minimum atomic E-state index is -0.192. The Labute approximate surface area is 103 Å². The smallest absolute Gasteiger partial charge is 0.101 e. The highest BCUT2D eigenvalue weighted by molar-refractivity contribution is 8.14. The lowest BCUT2D eigenvalue weighted by Gasteiger charge is -2.22. The largest absolute Gasteiger partial charge is 0.314 e. The summed E-state index contributed by atoms with van der Waals surface area (Å²) in [5.41, 5.74) is 14.0. The van der Waals surface area contributed by atoms with Crippen molar-refractivity contribution < 1.29 is 0 Å². The van der Waals surface area contributed by atoms with Crippen LogP contribution in [0.15, 0.2) is 42.5 Å². The van der Waals surface area contributed by atoms with Crippen LogP contribution in [0.25, 0.3) is 0 Å². The van der Waals surface area contributed by atoms with E-state index in [9.17, 15) is 0 Å². The lowest BCUT2D eigenvalue weighted by molar-refractivity contribution is 0.545. The number of hydrogen-bond acceptors (Lipinski definition) is 4. The summed E-state index contributed by atoms with van der Waals surface area (Å²) in [6.45, 7) is 0. The van der Waals surface area contributed by atoms with E-state index < -0.39 is 0 Å². The number of benzene rings is 1. The van der Waals surface area contributed by atoms with Crippen molar-refractivity contribution in [2.45, 2.75) is 19.7 Å². The lowest BCUT2D eigenvalue weighted by Crippen LogP contribution is -2.45. The first kappa shape index (κ1) is 9.59. The predicted octanol–water partition coefficient (Wildman–Crippen LogP) is 1.62. The minimum Gasteiger partial charge on any atom is -0.314 e. The van der Waals surface area contributed by atoms with Crippen molar-refractivity contribution in [1.29, 1.82) is 0 Å². The fourth-order valence-corrected chi connectivity index (χ4v) is 5.71. The highest BCUT2D eigenvalue weighted by atomic mass is 32.2. The van der Waals surface area contributed by atoms with E-state index in [1.165, 1.54) is 5.56 Å². The molecule has 1 aliphatic carbocycles. The molecule has 0 saturated carbocycles. The van der Waals surface area contributed by atoms with Crippen molar-refractivity contribution in [3.05, 3.63) is 48.0 Å². The van der Waals surface area contributed by atoms with Gasteiger partial charge in [0.2, 0.25) is 0 Å². The van der Waals surface area contributed by atoms with Crippen molar-refractivity contribution in [2.24, 2.45) is 11.5 Å². The molecule has 3 aliphatic rings. The standard InChI is InChI=1S/C12H12N2S2/c13-11-7-6-10(8-4-2-1-3-5-8)12(14,16-10)9(11)15-11/h1-7,9H,13-14H2. The number of fused-ring (bicyclic) bond motifs is 3. The summed E-state index contributed by atoms with van der Waals surface area (Å²) in [7, 11) is 0. The normalized spacial score (nSPS) is 51.8. The van der Waals surface area contributed by atoms with Crippen molar-refractivity contribution >= 4 is 23.5 Å². The van der Waals surface area contributed by atoms with Gasteiger partial charge in [-0.25, -0.2) is 0 Å². The van der Waals surface area contributed by atoms with Crippen molar-refractivity contribution in [3.63, 3.8) is 0 Å². The van der Waals surface area contributed by atoms with Gasteiger partial charge in [0, 0.05) is 0 Å². The van der Waals surface area contributed by atoms with Gasteiger partial charge in [0.1, 0.15) is 4.87 Å². The number of thioether (sulfide) groups is 2. The highest BCUT2D eigenvalue weighted by Crippen LogP contribution is 2.80. The Morgan fingerprint density at radius 2 is 1.81 bits per heavy atom. The van der Waals surface area contributed by atoms with E-state index in [0.29, 0.717) is 5.25 Å². The van der Waals surface area contributed by atoms with Crippen LogP contribution in [-0.2, 0) is 4.75 Å². The van der Waals surface area contributed by atoms with Gasteiger partial charge in [-0.2, -0.15) is 0 Å². The molecule has 0 amide bonds. The molecule has 1 aromatic carbocycles. The molecule has 2 aliphatic heterocycles. The zero-order chi connectivity index (χ0) is 11.0. The van der Waals surface area contributed by atoms with E-state index in [4.69, 9.17) is 11.5 Å². The van der Waals surface area contributed by atoms with Gasteiger partial charge in [-0.1, -0.05) is 42.5 Å². The van der Waals surface area contributed by atoms with E-state index >= 15 is 0 Å². The molecule has 4 heteroatoms. The first-order chi connectivity index (χ1) is 7.61. The maximum Gasteiger partial charge on any atom is 0.101 e. The average Bonchev–Trinajstić information content (AvgIpc) is 3.13. The zero-order valence-electron chi connectivity index (χ0n) is 8.59. The van der Waals surface area contributed by atoms with Crippen LogP contribution in [0.1, 0.15) is 5.56 Å². The van der Waals surface area contributed by atoms with Gasteiger partial charge in [0.05, 0.1) is 14.9 Å². The third kappa shape index (κ3) is 0.911. The monoisotopic (exact) mass is 248 g/mol. The van der Waals surface area contributed by atoms with Crippen molar-refractivity contribution in [3.8, 4) is 0 Å². The molecular weight excluding hydrogens is 236 g/mol. The molecule has 0 radical (unpaired) electrons. The molecule has 4 unspecified atom stereocenters. The molecule has 2 nitrogen and oxygen atoms in total. The van der Waals surface area contributed by atoms with Gasteiger partial charge in [0.25, 0.3) is 0 Å². The van der Waals surface area contributed by atoms with E-state index in [0.717, 1.165) is 0 Å². The molecule has 2 fully saturated rings. The second kappa shape index (κ2) is 2.53. The van der Waals surface area contributed by atoms with Crippen LogP contribution in [0, 0.1) is 0 Å². The average molecular weight is 248 g/mol. The molecule has 4 rings (SSSR count). The van der Waals surface area contributed by atoms with Crippen LogP contribution < -0.4 is 11.5 Å². The summed E-state index contributed by atoms with van der Waals surface area (Å²) < 4.78 is -0.0225. The summed E-state index contributed by atoms with van der Waals surface area (Å²) in [5, 5.41) is 0.371. The molecular formula is C12H12N2S2. The Morgan fingerprint density at radius 3 is 2.56 bits per heavy atom. The Balaban J connectivity index is 1.85. The van der Waals surface area contributed by atoms with E-state index in [1.807, 2.05) is 17.8 Å². The maximum atomic E-state index is 6.50. The van der Waals surface area contributed by atoms with Crippen LogP contribution in [0.2, 0.25) is 0 Å². The van der Waals surface area contributed by atoms with Gasteiger partial charge in [-0.3, -0.25) is 0 Å². The molecule has 0 bridgehead atoms. The van der Waals surface area contributed by atoms with Crippen LogP contribution in [0.5, 0.6) is 0 Å².